The first-order chi connectivity index (χ1) is 14.4. The summed E-state index contributed by atoms with van der Waals surface area (Å²) in [5.74, 6) is -0.951. The lowest BCUT2D eigenvalue weighted by atomic mass is 9.76. The van der Waals surface area contributed by atoms with Gasteiger partial charge in [-0.15, -0.1) is 0 Å². The van der Waals surface area contributed by atoms with Crippen molar-refractivity contribution >= 4 is 13.0 Å². The molecule has 1 heterocycles. The summed E-state index contributed by atoms with van der Waals surface area (Å²) >= 11 is 0. The largest absolute Gasteiger partial charge is 0.497 e. The lowest BCUT2D eigenvalue weighted by molar-refractivity contribution is -0.121. The summed E-state index contributed by atoms with van der Waals surface area (Å²) in [6.45, 7) is 0. The van der Waals surface area contributed by atoms with E-state index in [2.05, 4.69) is 15.5 Å². The molecular formula is C20H21BFN3O5. The van der Waals surface area contributed by atoms with Crippen LogP contribution in [0.1, 0.15) is 17.8 Å². The van der Waals surface area contributed by atoms with Gasteiger partial charge in [-0.1, -0.05) is 23.4 Å². The van der Waals surface area contributed by atoms with Crippen LogP contribution in [-0.2, 0) is 17.6 Å². The van der Waals surface area contributed by atoms with E-state index in [4.69, 9.17) is 9.26 Å². The second-order valence-electron chi connectivity index (χ2n) is 6.67. The van der Waals surface area contributed by atoms with Gasteiger partial charge in [-0.3, -0.25) is 4.79 Å². The first-order valence-corrected chi connectivity index (χ1v) is 9.31. The van der Waals surface area contributed by atoms with Crippen molar-refractivity contribution in [3.05, 3.63) is 65.7 Å². The molecule has 156 valence electrons. The highest BCUT2D eigenvalue weighted by Gasteiger charge is 2.26. The molecule has 1 amide bonds. The molecule has 10 heteroatoms. The number of carbonyl (C=O) groups excluding carboxylic acids is 1. The van der Waals surface area contributed by atoms with Crippen LogP contribution in [-0.4, -0.2) is 46.3 Å². The number of hydrogen-bond acceptors (Lipinski definition) is 7. The Labute approximate surface area is 172 Å². The van der Waals surface area contributed by atoms with E-state index in [1.165, 1.54) is 19.2 Å². The van der Waals surface area contributed by atoms with E-state index in [0.717, 1.165) is 5.56 Å². The maximum Gasteiger partial charge on any atom is 0.475 e. The number of methoxy groups -OCH3 is 1. The molecule has 0 fully saturated rings. The summed E-state index contributed by atoms with van der Waals surface area (Å²) < 4.78 is 23.8. The standard InChI is InChI=1S/C20H21BFN3O5/c1-29-16-10-13(9-15(22)12-16)11-17(21(27)28)23-19(26)8-7-18-24-20(30-25-18)14-5-3-2-4-6-14/h2-6,9-10,12,17,27-28H,7-8,11H2,1H3,(H,23,26)/t17-/m0/s1. The van der Waals surface area contributed by atoms with E-state index in [1.54, 1.807) is 6.07 Å². The minimum absolute atomic E-state index is 0.0118. The molecule has 0 unspecified atom stereocenters. The summed E-state index contributed by atoms with van der Waals surface area (Å²) in [4.78, 5) is 16.5. The molecule has 0 saturated carbocycles. The van der Waals surface area contributed by atoms with E-state index in [1.807, 2.05) is 30.3 Å². The Morgan fingerprint density at radius 1 is 1.27 bits per heavy atom. The highest BCUT2D eigenvalue weighted by atomic mass is 19.1. The van der Waals surface area contributed by atoms with Crippen molar-refractivity contribution in [1.82, 2.24) is 15.5 Å². The van der Waals surface area contributed by atoms with Gasteiger partial charge in [0.15, 0.2) is 5.82 Å². The molecule has 0 bridgehead atoms. The van der Waals surface area contributed by atoms with Crippen LogP contribution in [0.15, 0.2) is 53.1 Å². The predicted molar refractivity (Wildman–Crippen MR) is 107 cm³/mol. The Bertz CT molecular complexity index is 984. The molecule has 1 atom stereocenters. The monoisotopic (exact) mass is 413 g/mol. The van der Waals surface area contributed by atoms with Crippen LogP contribution in [0.5, 0.6) is 5.75 Å². The van der Waals surface area contributed by atoms with Crippen LogP contribution in [0.3, 0.4) is 0 Å². The van der Waals surface area contributed by atoms with Crippen molar-refractivity contribution in [2.75, 3.05) is 7.11 Å². The third kappa shape index (κ3) is 5.88. The fourth-order valence-electron chi connectivity index (χ4n) is 2.90. The lowest BCUT2D eigenvalue weighted by Gasteiger charge is -2.18. The fraction of sp³-hybridized carbons (Fsp3) is 0.250. The van der Waals surface area contributed by atoms with E-state index in [9.17, 15) is 19.2 Å². The first kappa shape index (κ1) is 21.5. The number of benzene rings is 2. The number of carbonyl (C=O) groups is 1. The summed E-state index contributed by atoms with van der Waals surface area (Å²) in [7, 11) is -0.419. The molecule has 30 heavy (non-hydrogen) atoms. The molecule has 2 aromatic carbocycles. The van der Waals surface area contributed by atoms with Gasteiger partial charge in [0.25, 0.3) is 5.89 Å². The van der Waals surface area contributed by atoms with Crippen molar-refractivity contribution in [2.45, 2.75) is 25.2 Å². The van der Waals surface area contributed by atoms with Gasteiger partial charge in [0, 0.05) is 24.5 Å². The van der Waals surface area contributed by atoms with Crippen LogP contribution in [0.25, 0.3) is 11.5 Å². The van der Waals surface area contributed by atoms with Crippen LogP contribution in [0.4, 0.5) is 4.39 Å². The van der Waals surface area contributed by atoms with Crippen molar-refractivity contribution in [1.29, 1.82) is 0 Å². The van der Waals surface area contributed by atoms with E-state index in [-0.39, 0.29) is 19.3 Å². The summed E-state index contributed by atoms with van der Waals surface area (Å²) in [6, 6.07) is 13.3. The van der Waals surface area contributed by atoms with Gasteiger partial charge in [0.2, 0.25) is 5.91 Å². The second kappa shape index (κ2) is 9.99. The van der Waals surface area contributed by atoms with Crippen LogP contribution >= 0.6 is 0 Å². The third-order valence-electron chi connectivity index (χ3n) is 4.39. The van der Waals surface area contributed by atoms with Crippen molar-refractivity contribution in [3.8, 4) is 17.2 Å². The van der Waals surface area contributed by atoms with Gasteiger partial charge in [0.1, 0.15) is 11.6 Å². The lowest BCUT2D eigenvalue weighted by Crippen LogP contribution is -2.48. The number of aromatic nitrogens is 2. The Balaban J connectivity index is 1.57. The molecule has 0 spiro atoms. The SMILES string of the molecule is COc1cc(F)cc(C[C@H](NC(=O)CCc2noc(-c3ccccc3)n2)B(O)O)c1. The molecule has 0 saturated heterocycles. The summed E-state index contributed by atoms with van der Waals surface area (Å²) in [6.07, 6.45) is 0.242. The molecule has 3 rings (SSSR count). The molecule has 0 radical (unpaired) electrons. The Morgan fingerprint density at radius 2 is 2.03 bits per heavy atom. The first-order valence-electron chi connectivity index (χ1n) is 9.31. The van der Waals surface area contributed by atoms with E-state index >= 15 is 0 Å². The van der Waals surface area contributed by atoms with Crippen molar-refractivity contribution in [2.24, 2.45) is 0 Å². The van der Waals surface area contributed by atoms with Gasteiger partial charge in [-0.2, -0.15) is 4.98 Å². The minimum Gasteiger partial charge on any atom is -0.497 e. The molecule has 0 aliphatic heterocycles. The molecular weight excluding hydrogens is 392 g/mol. The summed E-state index contributed by atoms with van der Waals surface area (Å²) in [5.41, 5.74) is 1.23. The number of rotatable bonds is 9. The number of hydrogen-bond donors (Lipinski definition) is 3. The number of amides is 1. The third-order valence-corrected chi connectivity index (χ3v) is 4.39. The average molecular weight is 413 g/mol. The van der Waals surface area contributed by atoms with E-state index in [0.29, 0.717) is 23.0 Å². The van der Waals surface area contributed by atoms with Crippen LogP contribution in [0.2, 0.25) is 0 Å². The maximum atomic E-state index is 13.6. The number of aryl methyl sites for hydroxylation is 1. The number of ether oxygens (including phenoxy) is 1. The number of nitrogens with zero attached hydrogens (tertiary/aromatic N) is 2. The Kier molecular flexibility index (Phi) is 7.15. The summed E-state index contributed by atoms with van der Waals surface area (Å²) in [5, 5.41) is 25.6. The molecule has 3 N–H and O–H groups in total. The fourth-order valence-corrected chi connectivity index (χ4v) is 2.90. The molecule has 3 aromatic rings. The zero-order valence-corrected chi connectivity index (χ0v) is 16.3. The van der Waals surface area contributed by atoms with Crippen molar-refractivity contribution < 1.29 is 28.5 Å². The Morgan fingerprint density at radius 3 is 2.73 bits per heavy atom. The normalized spacial score (nSPS) is 11.7. The quantitative estimate of drug-likeness (QED) is 0.456. The predicted octanol–water partition coefficient (Wildman–Crippen LogP) is 1.56. The number of halogens is 1. The van der Waals surface area contributed by atoms with Crippen LogP contribution in [0, 0.1) is 5.82 Å². The highest BCUT2D eigenvalue weighted by molar-refractivity contribution is 6.43. The molecule has 8 nitrogen and oxygen atoms in total. The Hall–Kier alpha value is -3.24. The van der Waals surface area contributed by atoms with Crippen LogP contribution < -0.4 is 10.1 Å². The zero-order chi connectivity index (χ0) is 21.5. The molecule has 0 aliphatic rings. The van der Waals surface area contributed by atoms with Gasteiger partial charge >= 0.3 is 7.12 Å². The smallest absolute Gasteiger partial charge is 0.475 e. The van der Waals surface area contributed by atoms with Gasteiger partial charge in [0.05, 0.1) is 13.1 Å². The zero-order valence-electron chi connectivity index (χ0n) is 16.3. The highest BCUT2D eigenvalue weighted by Crippen LogP contribution is 2.18. The van der Waals surface area contributed by atoms with Gasteiger partial charge in [-0.25, -0.2) is 4.39 Å². The second-order valence-corrected chi connectivity index (χ2v) is 6.67. The average Bonchev–Trinajstić information content (AvgIpc) is 3.21. The topological polar surface area (TPSA) is 118 Å². The molecule has 1 aromatic heterocycles. The maximum absolute atomic E-state index is 13.6. The molecule has 0 aliphatic carbocycles. The minimum atomic E-state index is -1.82. The number of nitrogens with one attached hydrogen (secondary N) is 1. The van der Waals surface area contributed by atoms with Gasteiger partial charge in [-0.05, 0) is 36.2 Å². The van der Waals surface area contributed by atoms with Crippen molar-refractivity contribution in [3.63, 3.8) is 0 Å². The van der Waals surface area contributed by atoms with E-state index < -0.39 is 24.8 Å². The van der Waals surface area contributed by atoms with Gasteiger partial charge < -0.3 is 24.6 Å².